The highest BCUT2D eigenvalue weighted by Crippen LogP contribution is 2.20. The summed E-state index contributed by atoms with van der Waals surface area (Å²) >= 11 is 0. The van der Waals surface area contributed by atoms with E-state index in [0.29, 0.717) is 0 Å². The van der Waals surface area contributed by atoms with E-state index < -0.39 is 5.54 Å². The Hall–Kier alpha value is -1.55. The lowest BCUT2D eigenvalue weighted by molar-refractivity contribution is -0.138. The van der Waals surface area contributed by atoms with Gasteiger partial charge in [-0.15, -0.1) is 0 Å². The largest absolute Gasteiger partial charge is 0.490 e. The van der Waals surface area contributed by atoms with Gasteiger partial charge in [0.05, 0.1) is 5.54 Å². The normalized spacial score (nSPS) is 16.8. The van der Waals surface area contributed by atoms with Crippen LogP contribution in [0.25, 0.3) is 0 Å². The number of hydrogen-bond acceptors (Lipinski definition) is 3. The van der Waals surface area contributed by atoms with Crippen LogP contribution in [-0.4, -0.2) is 42.1 Å². The Morgan fingerprint density at radius 3 is 2.48 bits per heavy atom. The minimum absolute atomic E-state index is 0.183. The molecule has 1 aliphatic rings. The van der Waals surface area contributed by atoms with Gasteiger partial charge >= 0.3 is 0 Å². The molecular formula is C17H26N2O2. The Kier molecular flexibility index (Phi) is 5.23. The van der Waals surface area contributed by atoms with Crippen LogP contribution in [0.3, 0.4) is 0 Å². The molecule has 0 bridgehead atoms. The Balaban J connectivity index is 1.84. The molecule has 21 heavy (non-hydrogen) atoms. The number of rotatable bonds is 5. The van der Waals surface area contributed by atoms with Gasteiger partial charge in [-0.3, -0.25) is 4.79 Å². The van der Waals surface area contributed by atoms with Gasteiger partial charge in [-0.1, -0.05) is 25.1 Å². The van der Waals surface area contributed by atoms with E-state index in [9.17, 15) is 4.79 Å². The van der Waals surface area contributed by atoms with Gasteiger partial charge in [0, 0.05) is 25.9 Å². The number of carbonyl (C=O) groups is 1. The van der Waals surface area contributed by atoms with Crippen molar-refractivity contribution in [2.45, 2.75) is 45.3 Å². The molecule has 1 heterocycles. The number of benzene rings is 1. The topological polar surface area (TPSA) is 41.6 Å². The summed E-state index contributed by atoms with van der Waals surface area (Å²) in [5, 5.41) is 3.25. The minimum Gasteiger partial charge on any atom is -0.490 e. The van der Waals surface area contributed by atoms with Crippen LogP contribution in [0, 0.1) is 0 Å². The monoisotopic (exact) mass is 290 g/mol. The lowest BCUT2D eigenvalue weighted by Crippen LogP contribution is -2.56. The quantitative estimate of drug-likeness (QED) is 0.905. The van der Waals surface area contributed by atoms with Crippen molar-refractivity contribution in [2.24, 2.45) is 0 Å². The van der Waals surface area contributed by atoms with E-state index in [4.69, 9.17) is 4.74 Å². The molecule has 1 aromatic rings. The zero-order chi connectivity index (χ0) is 15.3. The standard InChI is InChI=1S/C17H26N2O2/c1-4-18-17(2,3)16(20)19-12-10-15(11-13-19)21-14-8-6-5-7-9-14/h5-9,15,18H,4,10-13H2,1-3H3. The zero-order valence-corrected chi connectivity index (χ0v) is 13.3. The van der Waals surface area contributed by atoms with Gasteiger partial charge in [-0.25, -0.2) is 0 Å². The molecule has 116 valence electrons. The fourth-order valence-corrected chi connectivity index (χ4v) is 2.78. The predicted molar refractivity (Wildman–Crippen MR) is 84.4 cm³/mol. The molecule has 1 aliphatic heterocycles. The summed E-state index contributed by atoms with van der Waals surface area (Å²) in [7, 11) is 0. The first-order chi connectivity index (χ1) is 10.0. The van der Waals surface area contributed by atoms with Gasteiger partial charge in [0.1, 0.15) is 11.9 Å². The molecule has 4 nitrogen and oxygen atoms in total. The predicted octanol–water partition coefficient (Wildman–Crippen LogP) is 2.44. The zero-order valence-electron chi connectivity index (χ0n) is 13.3. The van der Waals surface area contributed by atoms with Crippen LogP contribution < -0.4 is 10.1 Å². The molecule has 1 saturated heterocycles. The molecule has 0 atom stereocenters. The van der Waals surface area contributed by atoms with E-state index in [1.54, 1.807) is 0 Å². The maximum Gasteiger partial charge on any atom is 0.242 e. The number of nitrogens with zero attached hydrogens (tertiary/aromatic N) is 1. The first-order valence-corrected chi connectivity index (χ1v) is 7.79. The first kappa shape index (κ1) is 15.8. The summed E-state index contributed by atoms with van der Waals surface area (Å²) in [6.45, 7) is 8.26. The highest BCUT2D eigenvalue weighted by Gasteiger charge is 2.33. The van der Waals surface area contributed by atoms with Crippen molar-refractivity contribution in [1.29, 1.82) is 0 Å². The molecule has 2 rings (SSSR count). The first-order valence-electron chi connectivity index (χ1n) is 7.79. The van der Waals surface area contributed by atoms with Crippen LogP contribution in [0.2, 0.25) is 0 Å². The summed E-state index contributed by atoms with van der Waals surface area (Å²) in [5.41, 5.74) is -0.484. The number of likely N-dealkylation sites (N-methyl/N-ethyl adjacent to an activating group) is 1. The van der Waals surface area contributed by atoms with Crippen molar-refractivity contribution in [3.8, 4) is 5.75 Å². The third-order valence-electron chi connectivity index (χ3n) is 3.93. The molecule has 0 aromatic heterocycles. The van der Waals surface area contributed by atoms with Gasteiger partial charge < -0.3 is 15.0 Å². The molecule has 1 N–H and O–H groups in total. The summed E-state index contributed by atoms with van der Waals surface area (Å²) < 4.78 is 5.96. The number of piperidine rings is 1. The highest BCUT2D eigenvalue weighted by atomic mass is 16.5. The van der Waals surface area contributed by atoms with Crippen LogP contribution in [-0.2, 0) is 4.79 Å². The lowest BCUT2D eigenvalue weighted by Gasteiger charge is -2.37. The lowest BCUT2D eigenvalue weighted by atomic mass is 10.00. The van der Waals surface area contributed by atoms with Crippen molar-refractivity contribution < 1.29 is 9.53 Å². The minimum atomic E-state index is -0.484. The van der Waals surface area contributed by atoms with Gasteiger partial charge in [-0.05, 0) is 32.5 Å². The second-order valence-electron chi connectivity index (χ2n) is 6.08. The number of para-hydroxylation sites is 1. The summed E-state index contributed by atoms with van der Waals surface area (Å²) in [6, 6.07) is 9.90. The molecule has 0 radical (unpaired) electrons. The summed E-state index contributed by atoms with van der Waals surface area (Å²) in [5.74, 6) is 1.10. The van der Waals surface area contributed by atoms with Gasteiger partial charge in [0.15, 0.2) is 0 Å². The smallest absolute Gasteiger partial charge is 0.242 e. The van der Waals surface area contributed by atoms with Crippen molar-refractivity contribution in [1.82, 2.24) is 10.2 Å². The van der Waals surface area contributed by atoms with E-state index in [1.807, 2.05) is 56.0 Å². The summed E-state index contributed by atoms with van der Waals surface area (Å²) in [6.07, 6.45) is 1.99. The van der Waals surface area contributed by atoms with Crippen LogP contribution in [0.1, 0.15) is 33.6 Å². The molecular weight excluding hydrogens is 264 g/mol. The molecule has 0 saturated carbocycles. The summed E-state index contributed by atoms with van der Waals surface area (Å²) in [4.78, 5) is 14.4. The maximum atomic E-state index is 12.5. The number of nitrogens with one attached hydrogen (secondary N) is 1. The van der Waals surface area contributed by atoms with E-state index in [1.165, 1.54) is 0 Å². The van der Waals surface area contributed by atoms with Crippen molar-refractivity contribution in [3.05, 3.63) is 30.3 Å². The molecule has 1 aromatic carbocycles. The van der Waals surface area contributed by atoms with Gasteiger partial charge in [0.25, 0.3) is 0 Å². The van der Waals surface area contributed by atoms with Crippen molar-refractivity contribution in [3.63, 3.8) is 0 Å². The number of ether oxygens (including phenoxy) is 1. The van der Waals surface area contributed by atoms with Crippen LogP contribution in [0.4, 0.5) is 0 Å². The molecule has 1 amide bonds. The highest BCUT2D eigenvalue weighted by molar-refractivity contribution is 5.85. The Bertz CT molecular complexity index is 451. The van der Waals surface area contributed by atoms with Gasteiger partial charge in [0.2, 0.25) is 5.91 Å². The Morgan fingerprint density at radius 1 is 1.29 bits per heavy atom. The SMILES string of the molecule is CCNC(C)(C)C(=O)N1CCC(Oc2ccccc2)CC1. The molecule has 0 aliphatic carbocycles. The van der Waals surface area contributed by atoms with Crippen LogP contribution in [0.5, 0.6) is 5.75 Å². The fourth-order valence-electron chi connectivity index (χ4n) is 2.78. The van der Waals surface area contributed by atoms with E-state index in [-0.39, 0.29) is 12.0 Å². The van der Waals surface area contributed by atoms with Crippen molar-refractivity contribution >= 4 is 5.91 Å². The van der Waals surface area contributed by atoms with E-state index in [0.717, 1.165) is 38.2 Å². The average Bonchev–Trinajstić information content (AvgIpc) is 2.48. The third-order valence-corrected chi connectivity index (χ3v) is 3.93. The Labute approximate surface area is 127 Å². The second-order valence-corrected chi connectivity index (χ2v) is 6.08. The number of hydrogen-bond donors (Lipinski definition) is 1. The van der Waals surface area contributed by atoms with E-state index >= 15 is 0 Å². The van der Waals surface area contributed by atoms with Crippen LogP contribution in [0.15, 0.2) is 30.3 Å². The average molecular weight is 290 g/mol. The van der Waals surface area contributed by atoms with Gasteiger partial charge in [-0.2, -0.15) is 0 Å². The van der Waals surface area contributed by atoms with Crippen LogP contribution >= 0.6 is 0 Å². The van der Waals surface area contributed by atoms with E-state index in [2.05, 4.69) is 5.32 Å². The fraction of sp³-hybridized carbons (Fsp3) is 0.588. The van der Waals surface area contributed by atoms with Crippen molar-refractivity contribution in [2.75, 3.05) is 19.6 Å². The maximum absolute atomic E-state index is 12.5. The Morgan fingerprint density at radius 2 is 1.90 bits per heavy atom. The number of carbonyl (C=O) groups excluding carboxylic acids is 1. The number of likely N-dealkylation sites (tertiary alicyclic amines) is 1. The molecule has 0 spiro atoms. The molecule has 4 heteroatoms. The second kappa shape index (κ2) is 6.94. The number of amides is 1. The molecule has 1 fully saturated rings. The third kappa shape index (κ3) is 4.21. The molecule has 0 unspecified atom stereocenters.